The molecule has 0 bridgehead atoms. The minimum atomic E-state index is -0.296. The van der Waals surface area contributed by atoms with Gasteiger partial charge < -0.3 is 14.8 Å². The van der Waals surface area contributed by atoms with Crippen molar-refractivity contribution in [3.05, 3.63) is 35.5 Å². The highest BCUT2D eigenvalue weighted by Crippen LogP contribution is 2.35. The van der Waals surface area contributed by atoms with E-state index in [-0.39, 0.29) is 11.8 Å². The number of H-pyrrole nitrogens is 1. The second-order valence-corrected chi connectivity index (χ2v) is 5.38. The molecular weight excluding hydrogens is 254 g/mol. The van der Waals surface area contributed by atoms with Crippen LogP contribution in [0.4, 0.5) is 0 Å². The molecule has 20 heavy (non-hydrogen) atoms. The molecule has 1 aliphatic heterocycles. The molecule has 1 N–H and O–H groups in total. The van der Waals surface area contributed by atoms with E-state index in [9.17, 15) is 9.59 Å². The van der Waals surface area contributed by atoms with Crippen molar-refractivity contribution in [2.75, 3.05) is 20.6 Å². The third-order valence-corrected chi connectivity index (χ3v) is 3.84. The highest BCUT2D eigenvalue weighted by atomic mass is 16.2. The van der Waals surface area contributed by atoms with E-state index in [2.05, 4.69) is 4.98 Å². The molecule has 5 nitrogen and oxygen atoms in total. The number of amides is 2. The summed E-state index contributed by atoms with van der Waals surface area (Å²) in [6.45, 7) is 0.972. The molecule has 1 aromatic heterocycles. The van der Waals surface area contributed by atoms with Gasteiger partial charge in [-0.05, 0) is 11.6 Å². The van der Waals surface area contributed by atoms with Crippen molar-refractivity contribution in [3.8, 4) is 0 Å². The molecule has 1 unspecified atom stereocenters. The van der Waals surface area contributed by atoms with Crippen molar-refractivity contribution >= 4 is 23.2 Å². The van der Waals surface area contributed by atoms with Gasteiger partial charge in [-0.15, -0.1) is 0 Å². The van der Waals surface area contributed by atoms with Crippen LogP contribution in [0.5, 0.6) is 0 Å². The molecule has 1 aliphatic rings. The number of carbonyl (C=O) groups is 2. The highest BCUT2D eigenvalue weighted by molar-refractivity contribution is 5.93. The summed E-state index contributed by atoms with van der Waals surface area (Å²) >= 11 is 0. The van der Waals surface area contributed by atoms with E-state index in [0.717, 1.165) is 28.6 Å². The summed E-state index contributed by atoms with van der Waals surface area (Å²) in [5.41, 5.74) is 3.02. The Balaban J connectivity index is 2.17. The van der Waals surface area contributed by atoms with E-state index in [4.69, 9.17) is 0 Å². The quantitative estimate of drug-likeness (QED) is 0.837. The second-order valence-electron chi connectivity index (χ2n) is 5.38. The average molecular weight is 271 g/mol. The summed E-state index contributed by atoms with van der Waals surface area (Å²) in [6, 6.07) is 7.96. The van der Waals surface area contributed by atoms with Gasteiger partial charge in [-0.2, -0.15) is 0 Å². The summed E-state index contributed by atoms with van der Waals surface area (Å²) in [6.07, 6.45) is 0.810. The van der Waals surface area contributed by atoms with Crippen LogP contribution in [0.25, 0.3) is 10.9 Å². The second kappa shape index (κ2) is 4.67. The SMILES string of the molecule is CN(C)C(=O)C1CN(C=O)Cc2[nH]c3ccccc3c21. The van der Waals surface area contributed by atoms with Crippen LogP contribution in [0.2, 0.25) is 0 Å². The van der Waals surface area contributed by atoms with E-state index >= 15 is 0 Å². The predicted octanol–water partition coefficient (Wildman–Crippen LogP) is 1.31. The largest absolute Gasteiger partial charge is 0.357 e. The lowest BCUT2D eigenvalue weighted by Crippen LogP contribution is -2.40. The Labute approximate surface area is 117 Å². The van der Waals surface area contributed by atoms with Crippen molar-refractivity contribution in [2.24, 2.45) is 0 Å². The third-order valence-electron chi connectivity index (χ3n) is 3.84. The molecule has 2 amide bonds. The molecule has 0 saturated carbocycles. The first-order valence-electron chi connectivity index (χ1n) is 6.62. The normalized spacial score (nSPS) is 17.9. The maximum atomic E-state index is 12.4. The summed E-state index contributed by atoms with van der Waals surface area (Å²) in [5, 5.41) is 1.08. The van der Waals surface area contributed by atoms with Gasteiger partial charge in [0, 0.05) is 37.2 Å². The summed E-state index contributed by atoms with van der Waals surface area (Å²) in [4.78, 5) is 30.1. The molecule has 2 aromatic rings. The first kappa shape index (κ1) is 12.7. The molecule has 0 saturated heterocycles. The van der Waals surface area contributed by atoms with Gasteiger partial charge in [0.05, 0.1) is 12.5 Å². The molecule has 0 spiro atoms. The summed E-state index contributed by atoms with van der Waals surface area (Å²) in [5.74, 6) is -0.266. The fraction of sp³-hybridized carbons (Fsp3) is 0.333. The Hall–Kier alpha value is -2.30. The number of aromatic nitrogens is 1. The zero-order valence-electron chi connectivity index (χ0n) is 11.6. The molecule has 0 radical (unpaired) electrons. The number of likely N-dealkylation sites (N-methyl/N-ethyl adjacent to an activating group) is 1. The molecule has 5 heteroatoms. The van der Waals surface area contributed by atoms with Crippen molar-refractivity contribution in [1.29, 1.82) is 0 Å². The van der Waals surface area contributed by atoms with E-state index < -0.39 is 0 Å². The Morgan fingerprint density at radius 1 is 1.40 bits per heavy atom. The van der Waals surface area contributed by atoms with Gasteiger partial charge in [-0.25, -0.2) is 0 Å². The Morgan fingerprint density at radius 2 is 2.15 bits per heavy atom. The number of para-hydroxylation sites is 1. The number of fused-ring (bicyclic) bond motifs is 3. The van der Waals surface area contributed by atoms with Gasteiger partial charge in [0.1, 0.15) is 0 Å². The molecule has 1 aromatic carbocycles. The van der Waals surface area contributed by atoms with E-state index in [1.165, 1.54) is 0 Å². The predicted molar refractivity (Wildman–Crippen MR) is 76.2 cm³/mol. The fourth-order valence-corrected chi connectivity index (χ4v) is 2.93. The maximum absolute atomic E-state index is 12.4. The smallest absolute Gasteiger partial charge is 0.231 e. The third kappa shape index (κ3) is 1.86. The summed E-state index contributed by atoms with van der Waals surface area (Å²) in [7, 11) is 3.49. The van der Waals surface area contributed by atoms with Crippen LogP contribution < -0.4 is 0 Å². The number of nitrogens with zero attached hydrogens (tertiary/aromatic N) is 2. The summed E-state index contributed by atoms with van der Waals surface area (Å²) < 4.78 is 0. The van der Waals surface area contributed by atoms with Crippen LogP contribution >= 0.6 is 0 Å². The van der Waals surface area contributed by atoms with E-state index in [0.29, 0.717) is 13.1 Å². The minimum absolute atomic E-state index is 0.0301. The maximum Gasteiger partial charge on any atom is 0.231 e. The number of aromatic amines is 1. The number of benzene rings is 1. The van der Waals surface area contributed by atoms with Gasteiger partial charge in [0.25, 0.3) is 0 Å². The molecule has 0 aliphatic carbocycles. The van der Waals surface area contributed by atoms with Gasteiger partial charge in [-0.3, -0.25) is 9.59 Å². The molecule has 3 rings (SSSR count). The zero-order chi connectivity index (χ0) is 14.3. The number of nitrogens with one attached hydrogen (secondary N) is 1. The first-order chi connectivity index (χ1) is 9.61. The number of hydrogen-bond acceptors (Lipinski definition) is 2. The van der Waals surface area contributed by atoms with Gasteiger partial charge in [0.2, 0.25) is 12.3 Å². The van der Waals surface area contributed by atoms with Gasteiger partial charge in [-0.1, -0.05) is 18.2 Å². The average Bonchev–Trinajstić information content (AvgIpc) is 2.83. The Kier molecular flexibility index (Phi) is 2.97. The van der Waals surface area contributed by atoms with E-state index in [1.807, 2.05) is 24.3 Å². The van der Waals surface area contributed by atoms with Crippen molar-refractivity contribution in [1.82, 2.24) is 14.8 Å². The van der Waals surface area contributed by atoms with Crippen LogP contribution in [-0.2, 0) is 16.1 Å². The van der Waals surface area contributed by atoms with Crippen LogP contribution in [0.1, 0.15) is 17.2 Å². The number of hydrogen-bond donors (Lipinski definition) is 1. The fourth-order valence-electron chi connectivity index (χ4n) is 2.93. The van der Waals surface area contributed by atoms with E-state index in [1.54, 1.807) is 23.9 Å². The Morgan fingerprint density at radius 3 is 2.85 bits per heavy atom. The number of carbonyl (C=O) groups excluding carboxylic acids is 2. The highest BCUT2D eigenvalue weighted by Gasteiger charge is 2.33. The van der Waals surface area contributed by atoms with Crippen molar-refractivity contribution < 1.29 is 9.59 Å². The van der Waals surface area contributed by atoms with Gasteiger partial charge >= 0.3 is 0 Å². The van der Waals surface area contributed by atoms with Crippen LogP contribution in [0.15, 0.2) is 24.3 Å². The monoisotopic (exact) mass is 271 g/mol. The minimum Gasteiger partial charge on any atom is -0.357 e. The van der Waals surface area contributed by atoms with Crippen molar-refractivity contribution in [3.63, 3.8) is 0 Å². The molecular formula is C15H17N3O2. The van der Waals surface area contributed by atoms with Crippen molar-refractivity contribution in [2.45, 2.75) is 12.5 Å². The molecule has 0 fully saturated rings. The zero-order valence-corrected chi connectivity index (χ0v) is 11.6. The first-order valence-corrected chi connectivity index (χ1v) is 6.62. The molecule has 2 heterocycles. The van der Waals surface area contributed by atoms with Crippen LogP contribution in [0, 0.1) is 0 Å². The van der Waals surface area contributed by atoms with Crippen LogP contribution in [0.3, 0.4) is 0 Å². The topological polar surface area (TPSA) is 56.4 Å². The Bertz CT molecular complexity index is 675. The lowest BCUT2D eigenvalue weighted by atomic mass is 9.91. The van der Waals surface area contributed by atoms with Gasteiger partial charge in [0.15, 0.2) is 0 Å². The van der Waals surface area contributed by atoms with Crippen LogP contribution in [-0.4, -0.2) is 47.7 Å². The lowest BCUT2D eigenvalue weighted by Gasteiger charge is -2.31. The molecule has 1 atom stereocenters. The molecule has 104 valence electrons. The lowest BCUT2D eigenvalue weighted by molar-refractivity contribution is -0.131. The number of rotatable bonds is 2. The standard InChI is InChI=1S/C15H17N3O2/c1-17(2)15(20)11-7-18(9-19)8-13-14(11)10-5-3-4-6-12(10)16-13/h3-6,9,11,16H,7-8H2,1-2H3.